The molecule has 5 atom stereocenters. The molecule has 0 saturated heterocycles. The molecule has 0 heterocycles. The number of carbonyl (C=O) groups excluding carboxylic acids is 2. The maximum Gasteiger partial charge on any atom is 0.326 e. The molecule has 0 aliphatic carbocycles. The van der Waals surface area contributed by atoms with Gasteiger partial charge in [0.1, 0.15) is 12.1 Å². The van der Waals surface area contributed by atoms with Crippen molar-refractivity contribution in [3.05, 3.63) is 0 Å². The van der Waals surface area contributed by atoms with Crippen molar-refractivity contribution in [2.24, 2.45) is 17.6 Å². The third kappa shape index (κ3) is 7.51. The maximum atomic E-state index is 12.4. The van der Waals surface area contributed by atoms with Crippen LogP contribution in [0.1, 0.15) is 47.0 Å². The summed E-state index contributed by atoms with van der Waals surface area (Å²) in [6, 6.07) is -3.36. The van der Waals surface area contributed by atoms with Gasteiger partial charge in [0, 0.05) is 0 Å². The molecule has 0 rings (SSSR count). The molecule has 2 amide bonds. The van der Waals surface area contributed by atoms with Gasteiger partial charge in [0.05, 0.1) is 12.5 Å². The molecule has 9 heteroatoms. The highest BCUT2D eigenvalue weighted by atomic mass is 16.4. The van der Waals surface area contributed by atoms with Crippen LogP contribution in [0.15, 0.2) is 0 Å². The number of hydrogen-bond acceptors (Lipinski definition) is 5. The van der Waals surface area contributed by atoms with E-state index in [1.165, 1.54) is 0 Å². The minimum Gasteiger partial charge on any atom is -0.481 e. The van der Waals surface area contributed by atoms with Gasteiger partial charge in [-0.05, 0) is 11.8 Å². The monoisotopic (exact) mass is 359 g/mol. The zero-order chi connectivity index (χ0) is 19.7. The Labute approximate surface area is 147 Å². The van der Waals surface area contributed by atoms with E-state index in [0.29, 0.717) is 12.8 Å². The van der Waals surface area contributed by atoms with Crippen LogP contribution in [0.25, 0.3) is 0 Å². The van der Waals surface area contributed by atoms with Crippen LogP contribution >= 0.6 is 0 Å². The SMILES string of the molecule is CCC(C)C(N)C(=O)NC(C(=O)NC(CC(=O)O)C(=O)O)C(C)CC. The fraction of sp³-hybridized carbons (Fsp3) is 0.750. The Hall–Kier alpha value is -2.16. The van der Waals surface area contributed by atoms with Gasteiger partial charge in [0.15, 0.2) is 0 Å². The summed E-state index contributed by atoms with van der Waals surface area (Å²) in [6.45, 7) is 7.25. The van der Waals surface area contributed by atoms with Gasteiger partial charge in [0.2, 0.25) is 11.8 Å². The molecule has 0 spiro atoms. The number of aliphatic carboxylic acids is 2. The zero-order valence-corrected chi connectivity index (χ0v) is 15.1. The Bertz CT molecular complexity index is 496. The van der Waals surface area contributed by atoms with Crippen molar-refractivity contribution in [1.29, 1.82) is 0 Å². The molecule has 25 heavy (non-hydrogen) atoms. The van der Waals surface area contributed by atoms with Crippen molar-refractivity contribution in [1.82, 2.24) is 10.6 Å². The number of rotatable bonds is 11. The van der Waals surface area contributed by atoms with E-state index in [-0.39, 0.29) is 11.8 Å². The molecule has 6 N–H and O–H groups in total. The van der Waals surface area contributed by atoms with Gasteiger partial charge in [-0.15, -0.1) is 0 Å². The fourth-order valence-electron chi connectivity index (χ4n) is 2.10. The minimum absolute atomic E-state index is 0.0839. The van der Waals surface area contributed by atoms with Crippen LogP contribution in [-0.4, -0.2) is 52.1 Å². The number of amides is 2. The third-order valence-electron chi connectivity index (χ3n) is 4.35. The zero-order valence-electron chi connectivity index (χ0n) is 15.1. The summed E-state index contributed by atoms with van der Waals surface area (Å²) in [5.41, 5.74) is 5.86. The third-order valence-corrected chi connectivity index (χ3v) is 4.35. The van der Waals surface area contributed by atoms with Gasteiger partial charge in [-0.2, -0.15) is 0 Å². The van der Waals surface area contributed by atoms with Crippen molar-refractivity contribution >= 4 is 23.8 Å². The van der Waals surface area contributed by atoms with Crippen LogP contribution in [0.3, 0.4) is 0 Å². The molecular formula is C16H29N3O6. The summed E-state index contributed by atoms with van der Waals surface area (Å²) < 4.78 is 0. The van der Waals surface area contributed by atoms with Gasteiger partial charge in [-0.1, -0.05) is 40.5 Å². The van der Waals surface area contributed by atoms with E-state index in [4.69, 9.17) is 15.9 Å². The van der Waals surface area contributed by atoms with E-state index in [9.17, 15) is 19.2 Å². The Kier molecular flexibility index (Phi) is 9.73. The molecule has 0 saturated carbocycles. The Morgan fingerprint density at radius 1 is 0.920 bits per heavy atom. The maximum absolute atomic E-state index is 12.4. The molecule has 0 aliphatic heterocycles. The van der Waals surface area contributed by atoms with Crippen molar-refractivity contribution in [3.63, 3.8) is 0 Å². The lowest BCUT2D eigenvalue weighted by Crippen LogP contribution is -2.57. The molecule has 9 nitrogen and oxygen atoms in total. The second kappa shape index (κ2) is 10.7. The van der Waals surface area contributed by atoms with Crippen LogP contribution in [0.2, 0.25) is 0 Å². The summed E-state index contributed by atoms with van der Waals surface area (Å²) in [7, 11) is 0. The van der Waals surface area contributed by atoms with Crippen molar-refractivity contribution in [2.75, 3.05) is 0 Å². The number of carboxylic acids is 2. The quantitative estimate of drug-likeness (QED) is 0.345. The number of hydrogen-bond donors (Lipinski definition) is 5. The first-order chi connectivity index (χ1) is 11.5. The first kappa shape index (κ1) is 22.8. The smallest absolute Gasteiger partial charge is 0.326 e. The highest BCUT2D eigenvalue weighted by Gasteiger charge is 2.32. The first-order valence-electron chi connectivity index (χ1n) is 8.35. The van der Waals surface area contributed by atoms with E-state index >= 15 is 0 Å². The van der Waals surface area contributed by atoms with Crippen LogP contribution < -0.4 is 16.4 Å². The highest BCUT2D eigenvalue weighted by molar-refractivity contribution is 5.93. The standard InChI is InChI=1S/C16H29N3O6/c1-5-8(3)12(17)14(22)19-13(9(4)6-2)15(23)18-10(16(24)25)7-11(20)21/h8-10,12-13H,5-7,17H2,1-4H3,(H,18,23)(H,19,22)(H,20,21)(H,24,25). The lowest BCUT2D eigenvalue weighted by atomic mass is 9.95. The van der Waals surface area contributed by atoms with E-state index in [1.54, 1.807) is 6.92 Å². The Morgan fingerprint density at radius 3 is 1.84 bits per heavy atom. The predicted molar refractivity (Wildman–Crippen MR) is 90.6 cm³/mol. The van der Waals surface area contributed by atoms with E-state index < -0.39 is 48.3 Å². The average Bonchev–Trinajstić information content (AvgIpc) is 2.55. The van der Waals surface area contributed by atoms with Gasteiger partial charge in [0.25, 0.3) is 0 Å². The lowest BCUT2D eigenvalue weighted by molar-refractivity contribution is -0.147. The van der Waals surface area contributed by atoms with Crippen molar-refractivity contribution in [2.45, 2.75) is 65.1 Å². The predicted octanol–water partition coefficient (Wildman–Crippen LogP) is -0.0652. The summed E-state index contributed by atoms with van der Waals surface area (Å²) in [6.07, 6.45) is 0.483. The topological polar surface area (TPSA) is 159 Å². The molecule has 0 radical (unpaired) electrons. The second-order valence-electron chi connectivity index (χ2n) is 6.28. The normalized spacial score (nSPS) is 16.8. The van der Waals surface area contributed by atoms with E-state index in [2.05, 4.69) is 10.6 Å². The first-order valence-corrected chi connectivity index (χ1v) is 8.35. The molecule has 5 unspecified atom stereocenters. The second-order valence-corrected chi connectivity index (χ2v) is 6.28. The van der Waals surface area contributed by atoms with Gasteiger partial charge >= 0.3 is 11.9 Å². The minimum atomic E-state index is -1.57. The fourth-order valence-corrected chi connectivity index (χ4v) is 2.10. The van der Waals surface area contributed by atoms with Gasteiger partial charge < -0.3 is 26.6 Å². The number of nitrogens with one attached hydrogen (secondary N) is 2. The van der Waals surface area contributed by atoms with Gasteiger partial charge in [-0.3, -0.25) is 14.4 Å². The number of nitrogens with two attached hydrogens (primary N) is 1. The Morgan fingerprint density at radius 2 is 1.44 bits per heavy atom. The van der Waals surface area contributed by atoms with Crippen molar-refractivity contribution < 1.29 is 29.4 Å². The van der Waals surface area contributed by atoms with Crippen LogP contribution in [0, 0.1) is 11.8 Å². The summed E-state index contributed by atoms with van der Waals surface area (Å²) in [5.74, 6) is -4.42. The van der Waals surface area contributed by atoms with Gasteiger partial charge in [-0.25, -0.2) is 4.79 Å². The Balaban J connectivity index is 5.19. The molecule has 0 aliphatic rings. The number of carbonyl (C=O) groups is 4. The number of carboxylic acid groups (broad SMARTS) is 2. The molecule has 144 valence electrons. The van der Waals surface area contributed by atoms with Crippen LogP contribution in [0.5, 0.6) is 0 Å². The molecule has 0 aromatic rings. The molecular weight excluding hydrogens is 330 g/mol. The largest absolute Gasteiger partial charge is 0.481 e. The average molecular weight is 359 g/mol. The molecule has 0 aromatic heterocycles. The van der Waals surface area contributed by atoms with Crippen molar-refractivity contribution in [3.8, 4) is 0 Å². The van der Waals surface area contributed by atoms with E-state index in [0.717, 1.165) is 0 Å². The summed E-state index contributed by atoms with van der Waals surface area (Å²) in [4.78, 5) is 46.5. The van der Waals surface area contributed by atoms with E-state index in [1.807, 2.05) is 20.8 Å². The summed E-state index contributed by atoms with van der Waals surface area (Å²) in [5, 5.41) is 22.5. The van der Waals surface area contributed by atoms with Crippen LogP contribution in [0.4, 0.5) is 0 Å². The highest BCUT2D eigenvalue weighted by Crippen LogP contribution is 2.11. The summed E-state index contributed by atoms with van der Waals surface area (Å²) >= 11 is 0. The molecule has 0 bridgehead atoms. The van der Waals surface area contributed by atoms with Crippen LogP contribution in [-0.2, 0) is 19.2 Å². The lowest BCUT2D eigenvalue weighted by Gasteiger charge is -2.27. The molecule has 0 aromatic carbocycles. The molecule has 0 fully saturated rings.